The molecule has 110 valence electrons. The van der Waals surface area contributed by atoms with Gasteiger partial charge in [-0.05, 0) is 25.8 Å². The average molecular weight is 272 g/mol. The predicted octanol–water partition coefficient (Wildman–Crippen LogP) is 3.50. The highest BCUT2D eigenvalue weighted by Crippen LogP contribution is 2.15. The minimum atomic E-state index is 0.668. The lowest BCUT2D eigenvalue weighted by Gasteiger charge is -2.43. The summed E-state index contributed by atoms with van der Waals surface area (Å²) in [6.45, 7) is 11.6. The summed E-state index contributed by atoms with van der Waals surface area (Å²) in [4.78, 5) is 5.23. The Labute approximate surface area is 124 Å². The van der Waals surface area contributed by atoms with Crippen molar-refractivity contribution in [2.45, 2.75) is 39.3 Å². The molecule has 1 atom stereocenters. The van der Waals surface area contributed by atoms with E-state index in [4.69, 9.17) is 0 Å². The summed E-state index contributed by atoms with van der Waals surface area (Å²) in [5.41, 5.74) is 1.29. The molecule has 2 rings (SSSR count). The van der Waals surface area contributed by atoms with Crippen LogP contribution >= 0.6 is 0 Å². The van der Waals surface area contributed by atoms with E-state index in [0.717, 1.165) is 6.54 Å². The second-order valence-electron chi connectivity index (χ2n) is 5.97. The standard InChI is InChI=1S/C18H28N2/c1-4-18-15-19(13-14-20(18)16(2)3)12-8-11-17-9-6-5-7-10-17/h5-11,16,18H,4,12-15H2,1-3H3. The normalized spacial score (nSPS) is 21.9. The highest BCUT2D eigenvalue weighted by atomic mass is 15.3. The van der Waals surface area contributed by atoms with Gasteiger partial charge >= 0.3 is 0 Å². The van der Waals surface area contributed by atoms with Crippen molar-refractivity contribution < 1.29 is 0 Å². The summed E-state index contributed by atoms with van der Waals surface area (Å²) in [6, 6.07) is 11.9. The Hall–Kier alpha value is -1.12. The molecule has 1 aliphatic heterocycles. The third-order valence-electron chi connectivity index (χ3n) is 4.22. The monoisotopic (exact) mass is 272 g/mol. The quantitative estimate of drug-likeness (QED) is 0.809. The van der Waals surface area contributed by atoms with Crippen molar-refractivity contribution in [1.82, 2.24) is 9.80 Å². The third kappa shape index (κ3) is 4.19. The third-order valence-corrected chi connectivity index (χ3v) is 4.22. The lowest BCUT2D eigenvalue weighted by molar-refractivity contribution is 0.0553. The van der Waals surface area contributed by atoms with Crippen molar-refractivity contribution >= 4 is 6.08 Å². The average Bonchev–Trinajstić information content (AvgIpc) is 2.48. The van der Waals surface area contributed by atoms with Gasteiger partial charge in [-0.25, -0.2) is 0 Å². The molecule has 1 aromatic rings. The molecule has 1 heterocycles. The maximum atomic E-state index is 2.65. The summed E-state index contributed by atoms with van der Waals surface area (Å²) in [7, 11) is 0. The zero-order valence-corrected chi connectivity index (χ0v) is 13.1. The van der Waals surface area contributed by atoms with Gasteiger partial charge in [0.25, 0.3) is 0 Å². The van der Waals surface area contributed by atoms with E-state index in [1.807, 2.05) is 0 Å². The molecule has 0 bridgehead atoms. The molecule has 1 aromatic carbocycles. The van der Waals surface area contributed by atoms with E-state index in [1.54, 1.807) is 0 Å². The van der Waals surface area contributed by atoms with Crippen LogP contribution in [0.3, 0.4) is 0 Å². The molecule has 0 spiro atoms. The molecule has 1 unspecified atom stereocenters. The van der Waals surface area contributed by atoms with Gasteiger partial charge < -0.3 is 0 Å². The highest BCUT2D eigenvalue weighted by molar-refractivity contribution is 5.48. The van der Waals surface area contributed by atoms with Gasteiger partial charge in [0, 0.05) is 38.3 Å². The molecule has 1 aliphatic rings. The topological polar surface area (TPSA) is 6.48 Å². The van der Waals surface area contributed by atoms with Crippen LogP contribution in [-0.4, -0.2) is 48.1 Å². The van der Waals surface area contributed by atoms with Crippen LogP contribution in [0.1, 0.15) is 32.8 Å². The van der Waals surface area contributed by atoms with E-state index >= 15 is 0 Å². The first-order valence-electron chi connectivity index (χ1n) is 7.90. The molecule has 0 saturated carbocycles. The molecule has 1 saturated heterocycles. The molecule has 20 heavy (non-hydrogen) atoms. The lowest BCUT2D eigenvalue weighted by Crippen LogP contribution is -2.55. The smallest absolute Gasteiger partial charge is 0.0223 e. The van der Waals surface area contributed by atoms with Crippen LogP contribution in [0.15, 0.2) is 36.4 Å². The van der Waals surface area contributed by atoms with Crippen molar-refractivity contribution in [3.63, 3.8) is 0 Å². The van der Waals surface area contributed by atoms with Gasteiger partial charge in [-0.15, -0.1) is 0 Å². The van der Waals surface area contributed by atoms with Gasteiger partial charge in [0.05, 0.1) is 0 Å². The minimum Gasteiger partial charge on any atom is -0.297 e. The van der Waals surface area contributed by atoms with Crippen molar-refractivity contribution in [2.75, 3.05) is 26.2 Å². The summed E-state index contributed by atoms with van der Waals surface area (Å²) in [5.74, 6) is 0. The van der Waals surface area contributed by atoms with E-state index in [2.05, 4.69) is 73.1 Å². The second kappa shape index (κ2) is 7.61. The van der Waals surface area contributed by atoms with Crippen LogP contribution in [0, 0.1) is 0 Å². The number of hydrogen-bond acceptors (Lipinski definition) is 2. The van der Waals surface area contributed by atoms with Gasteiger partial charge in [0.15, 0.2) is 0 Å². The number of nitrogens with zero attached hydrogens (tertiary/aromatic N) is 2. The molecule has 0 N–H and O–H groups in total. The Bertz CT molecular complexity index is 411. The van der Waals surface area contributed by atoms with Crippen molar-refractivity contribution in [3.8, 4) is 0 Å². The molecule has 1 fully saturated rings. The van der Waals surface area contributed by atoms with E-state index in [-0.39, 0.29) is 0 Å². The Kier molecular flexibility index (Phi) is 5.81. The van der Waals surface area contributed by atoms with Gasteiger partial charge in [0.1, 0.15) is 0 Å². The van der Waals surface area contributed by atoms with E-state index in [0.29, 0.717) is 12.1 Å². The summed E-state index contributed by atoms with van der Waals surface area (Å²) in [6.07, 6.45) is 5.78. The van der Waals surface area contributed by atoms with E-state index in [9.17, 15) is 0 Å². The van der Waals surface area contributed by atoms with Crippen LogP contribution in [0.2, 0.25) is 0 Å². The molecule has 0 amide bonds. The summed E-state index contributed by atoms with van der Waals surface area (Å²) < 4.78 is 0. The van der Waals surface area contributed by atoms with E-state index in [1.165, 1.54) is 31.6 Å². The SMILES string of the molecule is CCC1CN(CC=Cc2ccccc2)CCN1C(C)C. The fraction of sp³-hybridized carbons (Fsp3) is 0.556. The molecule has 2 nitrogen and oxygen atoms in total. The Morgan fingerprint density at radius 3 is 2.60 bits per heavy atom. The Morgan fingerprint density at radius 1 is 1.20 bits per heavy atom. The van der Waals surface area contributed by atoms with Crippen LogP contribution in [0.25, 0.3) is 6.08 Å². The fourth-order valence-corrected chi connectivity index (χ4v) is 3.04. The van der Waals surface area contributed by atoms with Crippen LogP contribution in [-0.2, 0) is 0 Å². The van der Waals surface area contributed by atoms with Crippen LogP contribution < -0.4 is 0 Å². The first-order valence-corrected chi connectivity index (χ1v) is 7.90. The zero-order valence-electron chi connectivity index (χ0n) is 13.1. The Morgan fingerprint density at radius 2 is 1.95 bits per heavy atom. The number of benzene rings is 1. The van der Waals surface area contributed by atoms with Crippen molar-refractivity contribution in [3.05, 3.63) is 42.0 Å². The summed E-state index contributed by atoms with van der Waals surface area (Å²) >= 11 is 0. The van der Waals surface area contributed by atoms with Crippen LogP contribution in [0.4, 0.5) is 0 Å². The number of rotatable bonds is 5. The van der Waals surface area contributed by atoms with Gasteiger partial charge in [0.2, 0.25) is 0 Å². The zero-order chi connectivity index (χ0) is 14.4. The van der Waals surface area contributed by atoms with Crippen molar-refractivity contribution in [2.24, 2.45) is 0 Å². The largest absolute Gasteiger partial charge is 0.297 e. The second-order valence-corrected chi connectivity index (χ2v) is 5.97. The van der Waals surface area contributed by atoms with Gasteiger partial charge in [-0.1, -0.05) is 49.4 Å². The molecule has 0 aromatic heterocycles. The Balaban J connectivity index is 1.84. The maximum absolute atomic E-state index is 2.65. The molecular weight excluding hydrogens is 244 g/mol. The summed E-state index contributed by atoms with van der Waals surface area (Å²) in [5, 5.41) is 0. The molecule has 0 radical (unpaired) electrons. The predicted molar refractivity (Wildman–Crippen MR) is 87.8 cm³/mol. The fourth-order valence-electron chi connectivity index (χ4n) is 3.04. The van der Waals surface area contributed by atoms with E-state index < -0.39 is 0 Å². The molecular formula is C18H28N2. The number of piperazine rings is 1. The number of hydrogen-bond donors (Lipinski definition) is 0. The van der Waals surface area contributed by atoms with Gasteiger partial charge in [-0.3, -0.25) is 9.80 Å². The molecule has 2 heteroatoms. The molecule has 0 aliphatic carbocycles. The maximum Gasteiger partial charge on any atom is 0.0223 e. The first-order chi connectivity index (χ1) is 9.70. The lowest BCUT2D eigenvalue weighted by atomic mass is 10.1. The van der Waals surface area contributed by atoms with Gasteiger partial charge in [-0.2, -0.15) is 0 Å². The first kappa shape index (κ1) is 15.3. The van der Waals surface area contributed by atoms with Crippen LogP contribution in [0.5, 0.6) is 0 Å². The minimum absolute atomic E-state index is 0.668. The highest BCUT2D eigenvalue weighted by Gasteiger charge is 2.26. The van der Waals surface area contributed by atoms with Crippen molar-refractivity contribution in [1.29, 1.82) is 0 Å².